The van der Waals surface area contributed by atoms with Crippen molar-refractivity contribution < 1.29 is 4.79 Å². The standard InChI is InChI=1S/C12H16N2O/c1-3-14-12(15)8-11(13-14)10-7-5-4-6-9(10)2/h4-7,11,13H,3,8H2,1-2H3. The van der Waals surface area contributed by atoms with Gasteiger partial charge in [0, 0.05) is 13.0 Å². The molecule has 0 saturated carbocycles. The smallest absolute Gasteiger partial charge is 0.238 e. The molecule has 1 aromatic rings. The Labute approximate surface area is 90.1 Å². The first kappa shape index (κ1) is 10.2. The largest absolute Gasteiger partial charge is 0.278 e. The van der Waals surface area contributed by atoms with Crippen LogP contribution in [0.15, 0.2) is 24.3 Å². The number of rotatable bonds is 2. The minimum absolute atomic E-state index is 0.152. The van der Waals surface area contributed by atoms with Crippen molar-refractivity contribution in [2.75, 3.05) is 6.54 Å². The summed E-state index contributed by atoms with van der Waals surface area (Å²) in [7, 11) is 0. The van der Waals surface area contributed by atoms with Gasteiger partial charge >= 0.3 is 0 Å². The number of benzene rings is 1. The van der Waals surface area contributed by atoms with Crippen molar-refractivity contribution in [3.05, 3.63) is 35.4 Å². The maximum Gasteiger partial charge on any atom is 0.238 e. The van der Waals surface area contributed by atoms with E-state index in [9.17, 15) is 4.79 Å². The molecule has 3 nitrogen and oxygen atoms in total. The third-order valence-corrected chi connectivity index (χ3v) is 2.87. The molecule has 0 aliphatic carbocycles. The van der Waals surface area contributed by atoms with Gasteiger partial charge in [0.15, 0.2) is 0 Å². The third-order valence-electron chi connectivity index (χ3n) is 2.87. The summed E-state index contributed by atoms with van der Waals surface area (Å²) < 4.78 is 0. The van der Waals surface area contributed by atoms with Crippen molar-refractivity contribution in [3.63, 3.8) is 0 Å². The number of amides is 1. The Kier molecular flexibility index (Phi) is 2.73. The lowest BCUT2D eigenvalue weighted by Gasteiger charge is -2.17. The fraction of sp³-hybridized carbons (Fsp3) is 0.417. The van der Waals surface area contributed by atoms with Gasteiger partial charge in [0.2, 0.25) is 5.91 Å². The van der Waals surface area contributed by atoms with Gasteiger partial charge in [-0.3, -0.25) is 9.80 Å². The molecule has 2 rings (SSSR count). The average Bonchev–Trinajstić information content (AvgIpc) is 2.60. The lowest BCUT2D eigenvalue weighted by molar-refractivity contribution is -0.129. The van der Waals surface area contributed by atoms with Crippen LogP contribution in [0.4, 0.5) is 0 Å². The van der Waals surface area contributed by atoms with Gasteiger partial charge in [0.05, 0.1) is 6.04 Å². The number of aryl methyl sites for hydroxylation is 1. The molecule has 0 radical (unpaired) electrons. The zero-order chi connectivity index (χ0) is 10.8. The van der Waals surface area contributed by atoms with E-state index in [4.69, 9.17) is 0 Å². The maximum atomic E-state index is 11.6. The second-order valence-corrected chi connectivity index (χ2v) is 3.88. The van der Waals surface area contributed by atoms with E-state index in [2.05, 4.69) is 24.5 Å². The highest BCUT2D eigenvalue weighted by atomic mass is 16.2. The summed E-state index contributed by atoms with van der Waals surface area (Å²) in [5, 5.41) is 1.69. The van der Waals surface area contributed by atoms with Crippen molar-refractivity contribution >= 4 is 5.91 Å². The normalized spacial score (nSPS) is 21.1. The number of hydrazine groups is 1. The van der Waals surface area contributed by atoms with Crippen LogP contribution < -0.4 is 5.43 Å². The third kappa shape index (κ3) is 1.88. The van der Waals surface area contributed by atoms with Crippen LogP contribution >= 0.6 is 0 Å². The first-order valence-electron chi connectivity index (χ1n) is 5.34. The molecule has 1 aliphatic heterocycles. The van der Waals surface area contributed by atoms with Crippen molar-refractivity contribution in [2.24, 2.45) is 0 Å². The second-order valence-electron chi connectivity index (χ2n) is 3.88. The summed E-state index contributed by atoms with van der Waals surface area (Å²) in [6.07, 6.45) is 0.568. The van der Waals surface area contributed by atoms with Crippen LogP contribution in [-0.2, 0) is 4.79 Å². The zero-order valence-corrected chi connectivity index (χ0v) is 9.16. The number of hydrogen-bond acceptors (Lipinski definition) is 2. The minimum Gasteiger partial charge on any atom is -0.278 e. The summed E-state index contributed by atoms with van der Waals surface area (Å²) in [5.41, 5.74) is 5.69. The van der Waals surface area contributed by atoms with Crippen molar-refractivity contribution in [3.8, 4) is 0 Å². The Morgan fingerprint density at radius 2 is 2.20 bits per heavy atom. The summed E-state index contributed by atoms with van der Waals surface area (Å²) >= 11 is 0. The molecule has 80 valence electrons. The van der Waals surface area contributed by atoms with Crippen LogP contribution in [-0.4, -0.2) is 17.5 Å². The Balaban J connectivity index is 2.21. The van der Waals surface area contributed by atoms with Crippen LogP contribution in [0.25, 0.3) is 0 Å². The zero-order valence-electron chi connectivity index (χ0n) is 9.16. The first-order valence-corrected chi connectivity index (χ1v) is 5.34. The first-order chi connectivity index (χ1) is 7.22. The molecule has 1 aliphatic rings. The van der Waals surface area contributed by atoms with Gasteiger partial charge in [-0.05, 0) is 25.0 Å². The molecule has 0 aromatic heterocycles. The quantitative estimate of drug-likeness (QED) is 0.796. The lowest BCUT2D eigenvalue weighted by Crippen LogP contribution is -2.34. The van der Waals surface area contributed by atoms with Crippen molar-refractivity contribution in [2.45, 2.75) is 26.3 Å². The van der Waals surface area contributed by atoms with E-state index in [1.165, 1.54) is 11.1 Å². The van der Waals surface area contributed by atoms with Crippen LogP contribution in [0.3, 0.4) is 0 Å². The Bertz CT molecular complexity index is 376. The van der Waals surface area contributed by atoms with Gasteiger partial charge in [0.1, 0.15) is 0 Å². The topological polar surface area (TPSA) is 32.3 Å². The van der Waals surface area contributed by atoms with Gasteiger partial charge in [-0.2, -0.15) is 0 Å². The van der Waals surface area contributed by atoms with Gasteiger partial charge < -0.3 is 0 Å². The molecule has 0 bridgehead atoms. The monoisotopic (exact) mass is 204 g/mol. The van der Waals surface area contributed by atoms with E-state index in [1.807, 2.05) is 19.1 Å². The van der Waals surface area contributed by atoms with E-state index >= 15 is 0 Å². The van der Waals surface area contributed by atoms with E-state index < -0.39 is 0 Å². The second kappa shape index (κ2) is 4.03. The van der Waals surface area contributed by atoms with Gasteiger partial charge in [-0.25, -0.2) is 5.43 Å². The van der Waals surface area contributed by atoms with E-state index in [0.29, 0.717) is 6.42 Å². The summed E-state index contributed by atoms with van der Waals surface area (Å²) in [6.45, 7) is 4.78. The van der Waals surface area contributed by atoms with Gasteiger partial charge in [-0.15, -0.1) is 0 Å². The molecule has 15 heavy (non-hydrogen) atoms. The highest BCUT2D eigenvalue weighted by Gasteiger charge is 2.29. The summed E-state index contributed by atoms with van der Waals surface area (Å²) in [5.74, 6) is 0.186. The van der Waals surface area contributed by atoms with Crippen LogP contribution in [0, 0.1) is 6.92 Å². The molecule has 1 saturated heterocycles. The van der Waals surface area contributed by atoms with Crippen LogP contribution in [0.5, 0.6) is 0 Å². The predicted molar refractivity (Wildman–Crippen MR) is 59.1 cm³/mol. The van der Waals surface area contributed by atoms with Gasteiger partial charge in [0.25, 0.3) is 0 Å². The maximum absolute atomic E-state index is 11.6. The number of hydrogen-bond donors (Lipinski definition) is 1. The number of carbonyl (C=O) groups is 1. The van der Waals surface area contributed by atoms with E-state index in [1.54, 1.807) is 5.01 Å². The van der Waals surface area contributed by atoms with Crippen molar-refractivity contribution in [1.29, 1.82) is 0 Å². The predicted octanol–water partition coefficient (Wildman–Crippen LogP) is 1.79. The van der Waals surface area contributed by atoms with Crippen LogP contribution in [0.1, 0.15) is 30.5 Å². The molecule has 1 N–H and O–H groups in total. The molecule has 1 aromatic carbocycles. The Hall–Kier alpha value is -1.35. The van der Waals surface area contributed by atoms with Crippen molar-refractivity contribution in [1.82, 2.24) is 10.4 Å². The lowest BCUT2D eigenvalue weighted by atomic mass is 10.0. The molecule has 1 atom stereocenters. The molecular formula is C12H16N2O. The summed E-state index contributed by atoms with van der Waals surface area (Å²) in [6, 6.07) is 8.35. The molecule has 1 heterocycles. The fourth-order valence-corrected chi connectivity index (χ4v) is 2.02. The number of nitrogens with one attached hydrogen (secondary N) is 1. The van der Waals surface area contributed by atoms with E-state index in [0.717, 1.165) is 6.54 Å². The Morgan fingerprint density at radius 1 is 1.47 bits per heavy atom. The minimum atomic E-state index is 0.152. The number of nitrogens with zero attached hydrogens (tertiary/aromatic N) is 1. The fourth-order valence-electron chi connectivity index (χ4n) is 2.02. The highest BCUT2D eigenvalue weighted by Crippen LogP contribution is 2.25. The molecule has 0 spiro atoms. The van der Waals surface area contributed by atoms with E-state index in [-0.39, 0.29) is 11.9 Å². The van der Waals surface area contributed by atoms with Gasteiger partial charge in [-0.1, -0.05) is 24.3 Å². The molecule has 3 heteroatoms. The number of carbonyl (C=O) groups excluding carboxylic acids is 1. The molecule has 1 amide bonds. The summed E-state index contributed by atoms with van der Waals surface area (Å²) in [4.78, 5) is 11.6. The molecule has 1 unspecified atom stereocenters. The Morgan fingerprint density at radius 3 is 2.80 bits per heavy atom. The molecular weight excluding hydrogens is 188 g/mol. The highest BCUT2D eigenvalue weighted by molar-refractivity contribution is 5.78. The average molecular weight is 204 g/mol. The van der Waals surface area contributed by atoms with Crippen LogP contribution in [0.2, 0.25) is 0 Å². The SMILES string of the molecule is CCN1NC(c2ccccc2C)CC1=O. The molecule has 1 fully saturated rings.